The number of halogens is 3. The minimum absolute atomic E-state index is 0.306. The molecule has 1 saturated heterocycles. The molecule has 1 aromatic carbocycles. The summed E-state index contributed by atoms with van der Waals surface area (Å²) in [7, 11) is 0. The first-order valence-electron chi connectivity index (χ1n) is 4.68. The molecule has 0 radical (unpaired) electrons. The minimum Gasteiger partial charge on any atom is -0.336 e. The number of carbonyl (C=O) groups excluding carboxylic acids is 1. The van der Waals surface area contributed by atoms with Crippen molar-refractivity contribution < 1.29 is 18.0 Å². The van der Waals surface area contributed by atoms with Crippen molar-refractivity contribution >= 4 is 6.03 Å². The SMILES string of the molecule is O=C1NC[C@@H](c2cccc(C(F)(F)F)c2)N1. The van der Waals surface area contributed by atoms with Gasteiger partial charge in [-0.05, 0) is 17.7 Å². The van der Waals surface area contributed by atoms with Gasteiger partial charge >= 0.3 is 12.2 Å². The molecule has 1 atom stereocenters. The Balaban J connectivity index is 2.26. The van der Waals surface area contributed by atoms with Crippen LogP contribution in [-0.2, 0) is 6.18 Å². The fraction of sp³-hybridized carbons (Fsp3) is 0.300. The number of amides is 2. The molecule has 86 valence electrons. The van der Waals surface area contributed by atoms with E-state index in [4.69, 9.17) is 0 Å². The second-order valence-electron chi connectivity index (χ2n) is 3.53. The Morgan fingerprint density at radius 2 is 2.06 bits per heavy atom. The van der Waals surface area contributed by atoms with Crippen molar-refractivity contribution in [2.45, 2.75) is 12.2 Å². The molecular weight excluding hydrogens is 221 g/mol. The van der Waals surface area contributed by atoms with E-state index in [0.717, 1.165) is 12.1 Å². The number of hydrogen-bond acceptors (Lipinski definition) is 1. The summed E-state index contributed by atoms with van der Waals surface area (Å²) in [6, 6.07) is 4.21. The molecule has 0 saturated carbocycles. The van der Waals surface area contributed by atoms with Gasteiger partial charge < -0.3 is 10.6 Å². The lowest BCUT2D eigenvalue weighted by Crippen LogP contribution is -2.21. The molecule has 2 rings (SSSR count). The number of hydrogen-bond donors (Lipinski definition) is 2. The Morgan fingerprint density at radius 3 is 2.62 bits per heavy atom. The monoisotopic (exact) mass is 230 g/mol. The summed E-state index contributed by atoms with van der Waals surface area (Å²) in [5.74, 6) is 0. The van der Waals surface area contributed by atoms with Crippen LogP contribution in [0.15, 0.2) is 24.3 Å². The lowest BCUT2D eigenvalue weighted by atomic mass is 10.0. The van der Waals surface area contributed by atoms with Crippen LogP contribution >= 0.6 is 0 Å². The van der Waals surface area contributed by atoms with Crippen LogP contribution < -0.4 is 10.6 Å². The van der Waals surface area contributed by atoms with Gasteiger partial charge in [-0.1, -0.05) is 12.1 Å². The van der Waals surface area contributed by atoms with E-state index in [2.05, 4.69) is 10.6 Å². The summed E-state index contributed by atoms with van der Waals surface area (Å²) in [6.07, 6.45) is -4.36. The third kappa shape index (κ3) is 2.10. The van der Waals surface area contributed by atoms with Crippen molar-refractivity contribution in [1.29, 1.82) is 0 Å². The number of alkyl halides is 3. The highest BCUT2D eigenvalue weighted by Crippen LogP contribution is 2.30. The van der Waals surface area contributed by atoms with Crippen LogP contribution in [0.1, 0.15) is 17.2 Å². The zero-order chi connectivity index (χ0) is 11.8. The predicted octanol–water partition coefficient (Wildman–Crippen LogP) is 2.06. The molecule has 1 aliphatic rings. The maximum Gasteiger partial charge on any atom is 0.416 e. The van der Waals surface area contributed by atoms with Crippen LogP contribution in [0.2, 0.25) is 0 Å². The predicted molar refractivity (Wildman–Crippen MR) is 50.7 cm³/mol. The Morgan fingerprint density at radius 1 is 1.31 bits per heavy atom. The number of carbonyl (C=O) groups is 1. The molecule has 0 bridgehead atoms. The van der Waals surface area contributed by atoms with Gasteiger partial charge in [-0.15, -0.1) is 0 Å². The molecular formula is C10H9F3N2O. The molecule has 0 unspecified atom stereocenters. The van der Waals surface area contributed by atoms with Crippen molar-refractivity contribution in [3.05, 3.63) is 35.4 Å². The highest BCUT2D eigenvalue weighted by Gasteiger charge is 2.31. The Labute approximate surface area is 89.6 Å². The summed E-state index contributed by atoms with van der Waals surface area (Å²) < 4.78 is 37.3. The summed E-state index contributed by atoms with van der Waals surface area (Å²) in [6.45, 7) is 0.306. The smallest absolute Gasteiger partial charge is 0.336 e. The molecule has 3 nitrogen and oxygen atoms in total. The van der Waals surface area contributed by atoms with Gasteiger partial charge in [0.1, 0.15) is 0 Å². The van der Waals surface area contributed by atoms with Crippen LogP contribution in [-0.4, -0.2) is 12.6 Å². The zero-order valence-corrected chi connectivity index (χ0v) is 8.14. The van der Waals surface area contributed by atoms with Crippen molar-refractivity contribution in [2.75, 3.05) is 6.54 Å². The minimum atomic E-state index is -4.36. The third-order valence-electron chi connectivity index (χ3n) is 2.39. The average Bonchev–Trinajstić information content (AvgIpc) is 2.64. The highest BCUT2D eigenvalue weighted by atomic mass is 19.4. The number of urea groups is 1. The van der Waals surface area contributed by atoms with Gasteiger partial charge in [0, 0.05) is 6.54 Å². The second kappa shape index (κ2) is 3.70. The Hall–Kier alpha value is -1.72. The molecule has 1 aliphatic heterocycles. The maximum atomic E-state index is 12.4. The number of benzene rings is 1. The summed E-state index contributed by atoms with van der Waals surface area (Å²) in [5.41, 5.74) is -0.251. The van der Waals surface area contributed by atoms with Crippen molar-refractivity contribution in [3.8, 4) is 0 Å². The summed E-state index contributed by atoms with van der Waals surface area (Å²) in [5, 5.41) is 5.03. The lowest BCUT2D eigenvalue weighted by molar-refractivity contribution is -0.137. The van der Waals surface area contributed by atoms with E-state index in [0.29, 0.717) is 12.1 Å². The van der Waals surface area contributed by atoms with E-state index in [-0.39, 0.29) is 6.03 Å². The highest BCUT2D eigenvalue weighted by molar-refractivity contribution is 5.76. The van der Waals surface area contributed by atoms with Crippen molar-refractivity contribution in [1.82, 2.24) is 10.6 Å². The van der Waals surface area contributed by atoms with Crippen molar-refractivity contribution in [3.63, 3.8) is 0 Å². The zero-order valence-electron chi connectivity index (χ0n) is 8.14. The molecule has 1 fully saturated rings. The number of nitrogens with one attached hydrogen (secondary N) is 2. The first kappa shape index (κ1) is 10.8. The van der Waals surface area contributed by atoms with Gasteiger partial charge in [-0.3, -0.25) is 0 Å². The molecule has 16 heavy (non-hydrogen) atoms. The van der Waals surface area contributed by atoms with Crippen LogP contribution in [0.4, 0.5) is 18.0 Å². The quantitative estimate of drug-likeness (QED) is 0.761. The normalized spacial score (nSPS) is 20.4. The third-order valence-corrected chi connectivity index (χ3v) is 2.39. The molecule has 6 heteroatoms. The topological polar surface area (TPSA) is 41.1 Å². The largest absolute Gasteiger partial charge is 0.416 e. The Kier molecular flexibility index (Phi) is 2.49. The fourth-order valence-electron chi connectivity index (χ4n) is 1.59. The van der Waals surface area contributed by atoms with Gasteiger partial charge in [0.15, 0.2) is 0 Å². The molecule has 0 spiro atoms. The first-order valence-corrected chi connectivity index (χ1v) is 4.68. The fourth-order valence-corrected chi connectivity index (χ4v) is 1.59. The molecule has 2 N–H and O–H groups in total. The maximum absolute atomic E-state index is 12.4. The van der Waals surface area contributed by atoms with Crippen LogP contribution in [0.25, 0.3) is 0 Å². The van der Waals surface area contributed by atoms with E-state index >= 15 is 0 Å². The van der Waals surface area contributed by atoms with Gasteiger partial charge in [-0.2, -0.15) is 13.2 Å². The molecule has 1 aromatic rings. The van der Waals surface area contributed by atoms with Crippen LogP contribution in [0, 0.1) is 0 Å². The molecule has 0 aromatic heterocycles. The molecule has 2 amide bonds. The van der Waals surface area contributed by atoms with E-state index < -0.39 is 17.8 Å². The van der Waals surface area contributed by atoms with E-state index in [1.165, 1.54) is 6.07 Å². The number of rotatable bonds is 1. The molecule has 0 aliphatic carbocycles. The lowest BCUT2D eigenvalue weighted by Gasteiger charge is -2.12. The Bertz CT molecular complexity index is 417. The first-order chi connectivity index (χ1) is 7.47. The summed E-state index contributed by atoms with van der Waals surface area (Å²) in [4.78, 5) is 10.9. The standard InChI is InChI=1S/C10H9F3N2O/c11-10(12,13)7-3-1-2-6(4-7)8-5-14-9(16)15-8/h1-4,8H,5H2,(H2,14,15,16)/t8-/m0/s1. The van der Waals surface area contributed by atoms with Gasteiger partial charge in [-0.25, -0.2) is 4.79 Å². The summed E-state index contributed by atoms with van der Waals surface area (Å²) >= 11 is 0. The van der Waals surface area contributed by atoms with Crippen LogP contribution in [0.3, 0.4) is 0 Å². The van der Waals surface area contributed by atoms with E-state index in [9.17, 15) is 18.0 Å². The van der Waals surface area contributed by atoms with E-state index in [1.54, 1.807) is 6.07 Å². The average molecular weight is 230 g/mol. The van der Waals surface area contributed by atoms with E-state index in [1.807, 2.05) is 0 Å². The molecule has 1 heterocycles. The van der Waals surface area contributed by atoms with Gasteiger partial charge in [0.05, 0.1) is 11.6 Å². The van der Waals surface area contributed by atoms with Crippen LogP contribution in [0.5, 0.6) is 0 Å². The van der Waals surface area contributed by atoms with Crippen molar-refractivity contribution in [2.24, 2.45) is 0 Å². The second-order valence-corrected chi connectivity index (χ2v) is 3.53. The van der Waals surface area contributed by atoms with Gasteiger partial charge in [0.2, 0.25) is 0 Å². The van der Waals surface area contributed by atoms with Gasteiger partial charge in [0.25, 0.3) is 0 Å².